The third kappa shape index (κ3) is 6.42. The number of anilines is 1. The molecule has 8 nitrogen and oxygen atoms in total. The molecule has 2 aromatic carbocycles. The fraction of sp³-hybridized carbons (Fsp3) is 0.261. The van der Waals surface area contributed by atoms with Crippen LogP contribution in [0.3, 0.4) is 0 Å². The Kier molecular flexibility index (Phi) is 7.40. The van der Waals surface area contributed by atoms with E-state index in [1.165, 1.54) is 16.8 Å². The lowest BCUT2D eigenvalue weighted by atomic mass is 10.2. The van der Waals surface area contributed by atoms with Gasteiger partial charge in [0.2, 0.25) is 5.91 Å². The highest BCUT2D eigenvalue weighted by Crippen LogP contribution is 2.15. The summed E-state index contributed by atoms with van der Waals surface area (Å²) in [5.74, 6) is 0.237. The van der Waals surface area contributed by atoms with E-state index in [1.807, 2.05) is 49.3 Å². The molecule has 31 heavy (non-hydrogen) atoms. The molecule has 1 heterocycles. The van der Waals surface area contributed by atoms with E-state index < -0.39 is 17.2 Å². The third-order valence-corrected chi connectivity index (χ3v) is 4.58. The topological polar surface area (TPSA) is 85.6 Å². The van der Waals surface area contributed by atoms with Crippen LogP contribution in [0, 0.1) is 0 Å². The van der Waals surface area contributed by atoms with E-state index in [4.69, 9.17) is 4.74 Å². The van der Waals surface area contributed by atoms with Crippen LogP contribution in [0.5, 0.6) is 5.75 Å². The van der Waals surface area contributed by atoms with E-state index in [2.05, 4.69) is 5.32 Å². The number of ether oxygens (including phenoxy) is 1. The predicted octanol–water partition coefficient (Wildman–Crippen LogP) is 1.64. The molecule has 0 aliphatic carbocycles. The molecule has 0 aliphatic heterocycles. The zero-order valence-corrected chi connectivity index (χ0v) is 17.7. The Morgan fingerprint density at radius 1 is 1.00 bits per heavy atom. The number of nitrogens with zero attached hydrogens (tertiary/aromatic N) is 3. The lowest BCUT2D eigenvalue weighted by Crippen LogP contribution is -2.41. The van der Waals surface area contributed by atoms with Crippen LogP contribution in [0.15, 0.2) is 76.4 Å². The summed E-state index contributed by atoms with van der Waals surface area (Å²) in [6.07, 6.45) is 1.45. The summed E-state index contributed by atoms with van der Waals surface area (Å²) in [5, 5.41) is 2.70. The Bertz CT molecular complexity index is 1120. The number of benzene rings is 2. The Labute approximate surface area is 180 Å². The van der Waals surface area contributed by atoms with Crippen LogP contribution in [-0.4, -0.2) is 47.2 Å². The maximum Gasteiger partial charge on any atom is 0.331 e. The van der Waals surface area contributed by atoms with Crippen molar-refractivity contribution >= 4 is 11.6 Å². The first-order chi connectivity index (χ1) is 14.9. The van der Waals surface area contributed by atoms with Crippen LogP contribution < -0.4 is 21.3 Å². The summed E-state index contributed by atoms with van der Waals surface area (Å²) in [7, 11) is 3.94. The van der Waals surface area contributed by atoms with Crippen LogP contribution in [0.4, 0.5) is 5.69 Å². The summed E-state index contributed by atoms with van der Waals surface area (Å²) in [6.45, 7) is 1.31. The minimum absolute atomic E-state index is 0.316. The van der Waals surface area contributed by atoms with Crippen molar-refractivity contribution in [3.63, 3.8) is 0 Å². The van der Waals surface area contributed by atoms with Gasteiger partial charge in [-0.1, -0.05) is 30.3 Å². The van der Waals surface area contributed by atoms with Gasteiger partial charge in [0.1, 0.15) is 18.9 Å². The van der Waals surface area contributed by atoms with Crippen molar-refractivity contribution in [3.8, 4) is 5.75 Å². The average molecular weight is 422 g/mol. The number of aromatic nitrogens is 2. The number of carbonyl (C=O) groups excluding carboxylic acids is 1. The number of likely N-dealkylation sites (N-methyl/N-ethyl adjacent to an activating group) is 1. The number of hydrogen-bond donors (Lipinski definition) is 1. The maximum atomic E-state index is 12.7. The van der Waals surface area contributed by atoms with Gasteiger partial charge in [-0.25, -0.2) is 4.79 Å². The summed E-state index contributed by atoms with van der Waals surface area (Å²) < 4.78 is 7.96. The van der Waals surface area contributed by atoms with E-state index in [0.717, 1.165) is 16.7 Å². The number of rotatable bonds is 9. The van der Waals surface area contributed by atoms with E-state index in [9.17, 15) is 14.4 Å². The molecule has 0 fully saturated rings. The zero-order chi connectivity index (χ0) is 22.2. The molecule has 162 valence electrons. The predicted molar refractivity (Wildman–Crippen MR) is 120 cm³/mol. The first-order valence-electron chi connectivity index (χ1n) is 9.94. The number of nitrogens with one attached hydrogen (secondary N) is 1. The fourth-order valence-electron chi connectivity index (χ4n) is 2.93. The number of hydrogen-bond acceptors (Lipinski definition) is 5. The minimum Gasteiger partial charge on any atom is -0.492 e. The normalized spacial score (nSPS) is 10.8. The molecule has 0 unspecified atom stereocenters. The van der Waals surface area contributed by atoms with Crippen molar-refractivity contribution in [2.45, 2.75) is 13.1 Å². The lowest BCUT2D eigenvalue weighted by Gasteiger charge is -2.12. The summed E-state index contributed by atoms with van der Waals surface area (Å²) in [4.78, 5) is 39.3. The van der Waals surface area contributed by atoms with Gasteiger partial charge in [0.25, 0.3) is 5.56 Å². The Morgan fingerprint density at radius 3 is 2.39 bits per heavy atom. The second-order valence-corrected chi connectivity index (χ2v) is 7.36. The van der Waals surface area contributed by atoms with Gasteiger partial charge < -0.3 is 15.0 Å². The molecule has 3 rings (SSSR count). The molecule has 0 saturated carbocycles. The maximum absolute atomic E-state index is 12.7. The average Bonchev–Trinajstić information content (AvgIpc) is 2.75. The molecule has 1 amide bonds. The smallest absolute Gasteiger partial charge is 0.331 e. The molecule has 8 heteroatoms. The van der Waals surface area contributed by atoms with Crippen LogP contribution in [0.25, 0.3) is 0 Å². The van der Waals surface area contributed by atoms with Gasteiger partial charge >= 0.3 is 5.69 Å². The highest BCUT2D eigenvalue weighted by Gasteiger charge is 2.11. The van der Waals surface area contributed by atoms with E-state index in [0.29, 0.717) is 24.6 Å². The van der Waals surface area contributed by atoms with Gasteiger partial charge in [-0.2, -0.15) is 0 Å². The molecule has 1 N–H and O–H groups in total. The Hall–Kier alpha value is -3.65. The van der Waals surface area contributed by atoms with Gasteiger partial charge in [0.15, 0.2) is 0 Å². The van der Waals surface area contributed by atoms with Crippen molar-refractivity contribution in [1.82, 2.24) is 14.0 Å². The molecule has 0 aliphatic rings. The first kappa shape index (κ1) is 22.0. The summed E-state index contributed by atoms with van der Waals surface area (Å²) in [5.41, 5.74) is 0.427. The molecule has 0 spiro atoms. The molecular formula is C23H26N4O4. The van der Waals surface area contributed by atoms with Gasteiger partial charge in [-0.05, 0) is 43.9 Å². The van der Waals surface area contributed by atoms with Crippen molar-refractivity contribution < 1.29 is 9.53 Å². The largest absolute Gasteiger partial charge is 0.492 e. The van der Waals surface area contributed by atoms with Crippen molar-refractivity contribution in [2.24, 2.45) is 0 Å². The van der Waals surface area contributed by atoms with Crippen LogP contribution in [-0.2, 0) is 17.9 Å². The highest BCUT2D eigenvalue weighted by molar-refractivity contribution is 5.90. The zero-order valence-electron chi connectivity index (χ0n) is 17.7. The third-order valence-electron chi connectivity index (χ3n) is 4.58. The number of carbonyl (C=O) groups is 1. The molecule has 0 atom stereocenters. The minimum atomic E-state index is -0.531. The van der Waals surface area contributed by atoms with Crippen LogP contribution in [0.2, 0.25) is 0 Å². The monoisotopic (exact) mass is 422 g/mol. The van der Waals surface area contributed by atoms with Crippen LogP contribution >= 0.6 is 0 Å². The first-order valence-corrected chi connectivity index (χ1v) is 9.94. The lowest BCUT2D eigenvalue weighted by molar-refractivity contribution is -0.116. The van der Waals surface area contributed by atoms with Gasteiger partial charge in [0, 0.05) is 24.5 Å². The number of amides is 1. The quantitative estimate of drug-likeness (QED) is 0.567. The Morgan fingerprint density at radius 2 is 1.71 bits per heavy atom. The van der Waals surface area contributed by atoms with Gasteiger partial charge in [0.05, 0.1) is 6.54 Å². The standard InChI is InChI=1S/C23H26N4O4/c1-25(2)14-15-31-20-10-8-19(9-11-20)24-21(28)17-27-22(29)12-13-26(23(27)30)16-18-6-4-3-5-7-18/h3-13H,14-17H2,1-2H3,(H,24,28). The highest BCUT2D eigenvalue weighted by atomic mass is 16.5. The van der Waals surface area contributed by atoms with E-state index >= 15 is 0 Å². The molecule has 0 bridgehead atoms. The van der Waals surface area contributed by atoms with E-state index in [1.54, 1.807) is 24.3 Å². The van der Waals surface area contributed by atoms with Crippen molar-refractivity contribution in [1.29, 1.82) is 0 Å². The van der Waals surface area contributed by atoms with Crippen molar-refractivity contribution in [3.05, 3.63) is 93.3 Å². The molecule has 1 aromatic heterocycles. The second-order valence-electron chi connectivity index (χ2n) is 7.36. The molecule has 0 saturated heterocycles. The van der Waals surface area contributed by atoms with E-state index in [-0.39, 0.29) is 6.54 Å². The summed E-state index contributed by atoms with van der Waals surface area (Å²) >= 11 is 0. The van der Waals surface area contributed by atoms with Gasteiger partial charge in [-0.3, -0.25) is 18.7 Å². The van der Waals surface area contributed by atoms with Crippen LogP contribution in [0.1, 0.15) is 5.56 Å². The molecule has 0 radical (unpaired) electrons. The molecule has 3 aromatic rings. The summed E-state index contributed by atoms with van der Waals surface area (Å²) in [6, 6.07) is 17.7. The SMILES string of the molecule is CN(C)CCOc1ccc(NC(=O)Cn2c(=O)ccn(Cc3ccccc3)c2=O)cc1. The fourth-order valence-corrected chi connectivity index (χ4v) is 2.93. The second kappa shape index (κ2) is 10.4. The van der Waals surface area contributed by atoms with Crippen molar-refractivity contribution in [2.75, 3.05) is 32.6 Å². The van der Waals surface area contributed by atoms with Gasteiger partial charge in [-0.15, -0.1) is 0 Å². The Balaban J connectivity index is 1.64. The molecular weight excluding hydrogens is 396 g/mol.